The molecule has 1 rings (SSSR count). The first-order chi connectivity index (χ1) is 8.90. The zero-order valence-electron chi connectivity index (χ0n) is 12.0. The normalized spacial score (nSPS) is 13.3. The number of hydrogen-bond donors (Lipinski definition) is 2. The van der Waals surface area contributed by atoms with Gasteiger partial charge in [-0.25, -0.2) is 4.98 Å². The second-order valence-corrected chi connectivity index (χ2v) is 5.43. The second kappa shape index (κ2) is 6.68. The standard InChI is InChI=1S/C13H23N3O3/c1-13(2,3)16-7-6-14-11(12(16)18)15-10(5-8-17)9-19-4/h6-7,10,17H,5,8-9H2,1-4H3,(H,14,15). The molecule has 19 heavy (non-hydrogen) atoms. The van der Waals surface area contributed by atoms with Crippen molar-refractivity contribution in [3.63, 3.8) is 0 Å². The highest BCUT2D eigenvalue weighted by Gasteiger charge is 2.18. The number of rotatable bonds is 6. The molecule has 1 heterocycles. The summed E-state index contributed by atoms with van der Waals surface area (Å²) in [5.74, 6) is 0.285. The molecule has 6 nitrogen and oxygen atoms in total. The van der Waals surface area contributed by atoms with Crippen LogP contribution in [0.1, 0.15) is 27.2 Å². The first-order valence-corrected chi connectivity index (χ1v) is 6.34. The summed E-state index contributed by atoms with van der Waals surface area (Å²) in [5.41, 5.74) is -0.474. The number of ether oxygens (including phenoxy) is 1. The molecular weight excluding hydrogens is 246 g/mol. The predicted molar refractivity (Wildman–Crippen MR) is 74.5 cm³/mol. The fraction of sp³-hybridized carbons (Fsp3) is 0.692. The third kappa shape index (κ3) is 4.33. The first kappa shape index (κ1) is 15.7. The molecule has 0 saturated carbocycles. The van der Waals surface area contributed by atoms with Gasteiger partial charge in [0.15, 0.2) is 5.82 Å². The van der Waals surface area contributed by atoms with E-state index in [1.807, 2.05) is 20.8 Å². The van der Waals surface area contributed by atoms with E-state index in [1.165, 1.54) is 0 Å². The number of nitrogens with one attached hydrogen (secondary N) is 1. The van der Waals surface area contributed by atoms with Gasteiger partial charge in [0, 0.05) is 31.6 Å². The minimum absolute atomic E-state index is 0.0291. The van der Waals surface area contributed by atoms with Gasteiger partial charge in [0.2, 0.25) is 0 Å². The Morgan fingerprint density at radius 1 is 1.53 bits per heavy atom. The molecule has 0 bridgehead atoms. The van der Waals surface area contributed by atoms with Crippen LogP contribution in [0.15, 0.2) is 17.2 Å². The van der Waals surface area contributed by atoms with Gasteiger partial charge in [0.25, 0.3) is 5.56 Å². The number of hydrogen-bond acceptors (Lipinski definition) is 5. The van der Waals surface area contributed by atoms with Crippen molar-refractivity contribution in [1.29, 1.82) is 0 Å². The van der Waals surface area contributed by atoms with Crippen molar-refractivity contribution in [3.8, 4) is 0 Å². The molecule has 1 aromatic rings. The van der Waals surface area contributed by atoms with Crippen molar-refractivity contribution in [3.05, 3.63) is 22.7 Å². The molecular formula is C13H23N3O3. The Morgan fingerprint density at radius 2 is 2.21 bits per heavy atom. The molecule has 0 aliphatic rings. The van der Waals surface area contributed by atoms with Crippen molar-refractivity contribution in [1.82, 2.24) is 9.55 Å². The Balaban J connectivity index is 2.98. The monoisotopic (exact) mass is 269 g/mol. The van der Waals surface area contributed by atoms with Gasteiger partial charge in [0.1, 0.15) is 0 Å². The van der Waals surface area contributed by atoms with Crippen LogP contribution in [0.2, 0.25) is 0 Å². The van der Waals surface area contributed by atoms with E-state index in [4.69, 9.17) is 9.84 Å². The lowest BCUT2D eigenvalue weighted by Crippen LogP contribution is -2.37. The largest absolute Gasteiger partial charge is 0.396 e. The number of aliphatic hydroxyl groups is 1. The predicted octanol–water partition coefficient (Wildman–Crippen LogP) is 0.808. The lowest BCUT2D eigenvalue weighted by atomic mass is 10.1. The number of methoxy groups -OCH3 is 1. The second-order valence-electron chi connectivity index (χ2n) is 5.43. The summed E-state index contributed by atoms with van der Waals surface area (Å²) in [6.45, 7) is 6.31. The third-order valence-corrected chi connectivity index (χ3v) is 2.75. The van der Waals surface area contributed by atoms with Crippen LogP contribution in [-0.2, 0) is 10.3 Å². The molecule has 0 amide bonds. The van der Waals surface area contributed by atoms with E-state index < -0.39 is 0 Å². The van der Waals surface area contributed by atoms with Gasteiger partial charge in [0.05, 0.1) is 12.6 Å². The summed E-state index contributed by atoms with van der Waals surface area (Å²) in [7, 11) is 1.58. The number of nitrogens with zero attached hydrogens (tertiary/aromatic N) is 2. The van der Waals surface area contributed by atoms with Crippen LogP contribution in [0, 0.1) is 0 Å². The van der Waals surface area contributed by atoms with Gasteiger partial charge in [-0.15, -0.1) is 0 Å². The molecule has 0 radical (unpaired) electrons. The molecule has 0 aliphatic heterocycles. The summed E-state index contributed by atoms with van der Waals surface area (Å²) in [4.78, 5) is 16.4. The van der Waals surface area contributed by atoms with E-state index in [0.29, 0.717) is 13.0 Å². The van der Waals surface area contributed by atoms with Crippen LogP contribution in [-0.4, -0.2) is 41.0 Å². The molecule has 0 aromatic carbocycles. The maximum Gasteiger partial charge on any atom is 0.293 e. The van der Waals surface area contributed by atoms with Crippen molar-refractivity contribution in [2.45, 2.75) is 38.8 Å². The van der Waals surface area contributed by atoms with E-state index >= 15 is 0 Å². The molecule has 1 atom stereocenters. The van der Waals surface area contributed by atoms with Crippen molar-refractivity contribution in [2.24, 2.45) is 0 Å². The Labute approximate surface area is 113 Å². The molecule has 0 aliphatic carbocycles. The van der Waals surface area contributed by atoms with Gasteiger partial charge in [-0.05, 0) is 27.2 Å². The zero-order valence-corrected chi connectivity index (χ0v) is 12.0. The molecule has 2 N–H and O–H groups in total. The van der Waals surface area contributed by atoms with E-state index in [2.05, 4.69) is 10.3 Å². The number of anilines is 1. The van der Waals surface area contributed by atoms with Gasteiger partial charge in [-0.2, -0.15) is 0 Å². The van der Waals surface area contributed by atoms with Crippen LogP contribution in [0.25, 0.3) is 0 Å². The highest BCUT2D eigenvalue weighted by atomic mass is 16.5. The average Bonchev–Trinajstić information content (AvgIpc) is 2.31. The molecule has 0 fully saturated rings. The SMILES string of the molecule is COCC(CCO)Nc1nccn(C(C)(C)C)c1=O. The summed E-state index contributed by atoms with van der Waals surface area (Å²) in [5, 5.41) is 12.0. The molecule has 6 heteroatoms. The fourth-order valence-corrected chi connectivity index (χ4v) is 1.79. The lowest BCUT2D eigenvalue weighted by molar-refractivity contribution is 0.170. The van der Waals surface area contributed by atoms with E-state index in [-0.39, 0.29) is 29.6 Å². The van der Waals surface area contributed by atoms with Crippen LogP contribution in [0.5, 0.6) is 0 Å². The summed E-state index contributed by atoms with van der Waals surface area (Å²) in [6.07, 6.45) is 3.77. The van der Waals surface area contributed by atoms with Crippen LogP contribution < -0.4 is 10.9 Å². The first-order valence-electron chi connectivity index (χ1n) is 6.34. The number of aromatic nitrogens is 2. The summed E-state index contributed by atoms with van der Waals surface area (Å²) in [6, 6.07) is -0.133. The van der Waals surface area contributed by atoms with E-state index in [1.54, 1.807) is 24.1 Å². The van der Waals surface area contributed by atoms with Gasteiger partial charge in [-0.1, -0.05) is 0 Å². The van der Waals surface area contributed by atoms with Gasteiger partial charge >= 0.3 is 0 Å². The van der Waals surface area contributed by atoms with Crippen molar-refractivity contribution >= 4 is 5.82 Å². The zero-order chi connectivity index (χ0) is 14.5. The van der Waals surface area contributed by atoms with Crippen LogP contribution in [0.4, 0.5) is 5.82 Å². The molecule has 0 spiro atoms. The number of aliphatic hydroxyl groups excluding tert-OH is 1. The molecule has 0 saturated heterocycles. The van der Waals surface area contributed by atoms with E-state index in [0.717, 1.165) is 0 Å². The highest BCUT2D eigenvalue weighted by Crippen LogP contribution is 2.11. The minimum atomic E-state index is -0.301. The van der Waals surface area contributed by atoms with Gasteiger partial charge in [-0.3, -0.25) is 4.79 Å². The van der Waals surface area contributed by atoms with Crippen LogP contribution >= 0.6 is 0 Å². The Bertz CT molecular complexity index is 445. The Kier molecular flexibility index (Phi) is 5.50. The third-order valence-electron chi connectivity index (χ3n) is 2.75. The quantitative estimate of drug-likeness (QED) is 0.799. The summed E-state index contributed by atoms with van der Waals surface area (Å²) < 4.78 is 6.69. The van der Waals surface area contributed by atoms with E-state index in [9.17, 15) is 4.79 Å². The Hall–Kier alpha value is -1.40. The minimum Gasteiger partial charge on any atom is -0.396 e. The smallest absolute Gasteiger partial charge is 0.293 e. The fourth-order valence-electron chi connectivity index (χ4n) is 1.79. The Morgan fingerprint density at radius 3 is 2.74 bits per heavy atom. The molecule has 108 valence electrons. The highest BCUT2D eigenvalue weighted by molar-refractivity contribution is 5.32. The summed E-state index contributed by atoms with van der Waals surface area (Å²) >= 11 is 0. The molecule has 1 unspecified atom stereocenters. The topological polar surface area (TPSA) is 76.4 Å². The van der Waals surface area contributed by atoms with Crippen molar-refractivity contribution < 1.29 is 9.84 Å². The lowest BCUT2D eigenvalue weighted by Gasteiger charge is -2.23. The van der Waals surface area contributed by atoms with Crippen molar-refractivity contribution in [2.75, 3.05) is 25.6 Å². The average molecular weight is 269 g/mol. The maximum absolute atomic E-state index is 12.3. The van der Waals surface area contributed by atoms with Gasteiger partial charge < -0.3 is 19.7 Å². The molecule has 1 aromatic heterocycles. The maximum atomic E-state index is 12.3. The van der Waals surface area contributed by atoms with Crippen LogP contribution in [0.3, 0.4) is 0 Å².